The molecule has 0 radical (unpaired) electrons. The Labute approximate surface area is 463 Å². The summed E-state index contributed by atoms with van der Waals surface area (Å²) in [4.78, 5) is 50.8. The van der Waals surface area contributed by atoms with Crippen molar-refractivity contribution in [3.8, 4) is 0 Å². The van der Waals surface area contributed by atoms with Gasteiger partial charge in [-0.3, -0.25) is 9.97 Å². The fraction of sp³-hybridized carbons (Fsp3) is 0.0909. The largest absolute Gasteiger partial charge is 0.287 e. The standard InChI is InChI=1S/C34H26N8.C32H20N8/c1-39-13-5-9-19-27-28(20-10-6-14-40(2)32(20)31(19)39)36-24-18-26-25(17-23(24)35-27)37-29-21-11-7-15-41(3)33(21)34-22(30(29)38-26)12-8-16-42(34)4;1-39-13-5-9-19-29-30(20-10-6-14-40(2)32(20)31(19)39)38-24-16-22-21(15-23(24)37-29)35-27-17-7-3-11-33-25(17)26-18(28(27)36-22)8-4-12-34-26/h5-18H,1-4H3;3-16H,1-2H3/q+4;+2. The minimum absolute atomic E-state index is 0.768. The molecule has 0 amide bonds. The molecule has 0 bridgehead atoms. The first-order valence-electron chi connectivity index (χ1n) is 27.1. The van der Waals surface area contributed by atoms with Crippen LogP contribution in [0.3, 0.4) is 0 Å². The van der Waals surface area contributed by atoms with E-state index in [2.05, 4.69) is 190 Å². The maximum Gasteiger partial charge on any atom is 0.287 e. The van der Waals surface area contributed by atoms with Crippen LogP contribution in [0, 0.1) is 0 Å². The summed E-state index contributed by atoms with van der Waals surface area (Å²) in [6, 6.07) is 41.2. The smallest absolute Gasteiger partial charge is 0.254 e. The van der Waals surface area contributed by atoms with Crippen LogP contribution in [0.4, 0.5) is 0 Å². The van der Waals surface area contributed by atoms with Gasteiger partial charge in [0, 0.05) is 59.6 Å². The molecule has 0 aliphatic rings. The van der Waals surface area contributed by atoms with E-state index in [-0.39, 0.29) is 0 Å². The predicted molar refractivity (Wildman–Crippen MR) is 318 cm³/mol. The van der Waals surface area contributed by atoms with Crippen molar-refractivity contribution >= 4 is 175 Å². The van der Waals surface area contributed by atoms with Gasteiger partial charge in [0.05, 0.1) is 98.5 Å². The Morgan fingerprint density at radius 3 is 0.610 bits per heavy atom. The summed E-state index contributed by atoms with van der Waals surface area (Å²) in [5, 5.41) is 8.26. The Bertz CT molecular complexity index is 5450. The van der Waals surface area contributed by atoms with Crippen molar-refractivity contribution in [3.63, 3.8) is 0 Å². The van der Waals surface area contributed by atoms with Crippen molar-refractivity contribution < 1.29 is 27.4 Å². The van der Waals surface area contributed by atoms with Crippen LogP contribution in [-0.2, 0) is 42.3 Å². The van der Waals surface area contributed by atoms with Gasteiger partial charge < -0.3 is 0 Å². The first kappa shape index (κ1) is 46.0. The van der Waals surface area contributed by atoms with Crippen LogP contribution in [-0.4, -0.2) is 49.8 Å². The van der Waals surface area contributed by atoms with Gasteiger partial charge in [-0.25, -0.2) is 39.9 Å². The number of aryl methyl sites for hydroxylation is 6. The van der Waals surface area contributed by atoms with E-state index in [1.165, 1.54) is 0 Å². The molecular formula is C66H46N16+6. The molecule has 0 spiro atoms. The molecule has 0 atom stereocenters. The maximum atomic E-state index is 5.23. The molecule has 82 heavy (non-hydrogen) atoms. The number of rotatable bonds is 0. The summed E-state index contributed by atoms with van der Waals surface area (Å²) in [5.41, 5.74) is 21.6. The average molecular weight is 1060 g/mol. The molecule has 0 aliphatic carbocycles. The molecular weight excluding hydrogens is 1020 g/mol. The summed E-state index contributed by atoms with van der Waals surface area (Å²) < 4.78 is 13.0. The van der Waals surface area contributed by atoms with Crippen molar-refractivity contribution in [3.05, 3.63) is 171 Å². The van der Waals surface area contributed by atoms with E-state index < -0.39 is 0 Å². The Balaban J connectivity index is 0.000000130. The summed E-state index contributed by atoms with van der Waals surface area (Å²) in [7, 11) is 12.5. The average Bonchev–Trinajstić information content (AvgIpc) is 2.68. The van der Waals surface area contributed by atoms with Crippen molar-refractivity contribution in [1.82, 2.24) is 49.8 Å². The van der Waals surface area contributed by atoms with Crippen LogP contribution >= 0.6 is 0 Å². The van der Waals surface area contributed by atoms with Crippen LogP contribution in [0.1, 0.15) is 0 Å². The number of hydrogen-bond donors (Lipinski definition) is 0. The van der Waals surface area contributed by atoms with E-state index in [9.17, 15) is 0 Å². The van der Waals surface area contributed by atoms with Crippen molar-refractivity contribution in [1.29, 1.82) is 0 Å². The third kappa shape index (κ3) is 6.42. The summed E-state index contributed by atoms with van der Waals surface area (Å²) in [6.45, 7) is 0. The van der Waals surface area contributed by atoms with Crippen LogP contribution in [0.2, 0.25) is 0 Å². The molecule has 18 rings (SSSR count). The SMILES string of the molecule is C[n+]1cccc2c3nc4cc5nc6c7ccc[n+](C)c7c7c(ccc[n+]7C)c6nc5cc4nc3c3ccc[n+](C)c3c21.C[n+]1cccc2c3nc4cc5nc6c7cccnc7c7ncccc7c6nc5cc4nc3c3ccc[n+](C)c3c21. The highest BCUT2D eigenvalue weighted by Crippen LogP contribution is 2.37. The second kappa shape index (κ2) is 16.8. The molecule has 18 aromatic rings. The normalized spacial score (nSPS) is 12.3. The summed E-state index contributed by atoms with van der Waals surface area (Å²) in [6.07, 6.45) is 16.0. The fourth-order valence-electron chi connectivity index (χ4n) is 12.9. The van der Waals surface area contributed by atoms with Gasteiger partial charge in [-0.05, 0) is 84.9 Å². The topological polar surface area (TPSA) is 152 Å². The zero-order valence-electron chi connectivity index (χ0n) is 45.3. The number of fused-ring (bicyclic) bond motifs is 28. The second-order valence-electron chi connectivity index (χ2n) is 21.4. The third-order valence-electron chi connectivity index (χ3n) is 16.5. The Morgan fingerprint density at radius 2 is 0.402 bits per heavy atom. The highest BCUT2D eigenvalue weighted by atomic mass is 15.0. The second-order valence-corrected chi connectivity index (χ2v) is 21.4. The number of nitrogens with zero attached hydrogens (tertiary/aromatic N) is 16. The van der Waals surface area contributed by atoms with Crippen LogP contribution < -0.4 is 27.4 Å². The lowest BCUT2D eigenvalue weighted by molar-refractivity contribution is -0.664. The quantitative estimate of drug-likeness (QED) is 0.0820. The molecule has 0 aliphatic heterocycles. The van der Waals surface area contributed by atoms with Gasteiger partial charge in [0.2, 0.25) is 0 Å². The van der Waals surface area contributed by atoms with Crippen molar-refractivity contribution in [2.24, 2.45) is 42.3 Å². The molecule has 16 nitrogen and oxygen atoms in total. The van der Waals surface area contributed by atoms with Crippen LogP contribution in [0.5, 0.6) is 0 Å². The summed E-state index contributed by atoms with van der Waals surface area (Å²) >= 11 is 0. The molecule has 0 unspecified atom stereocenters. The monoisotopic (exact) mass is 1060 g/mol. The molecule has 12 aromatic heterocycles. The maximum absolute atomic E-state index is 5.23. The van der Waals surface area contributed by atoms with Gasteiger partial charge in [0.15, 0.2) is 37.2 Å². The number of hydrogen-bond acceptors (Lipinski definition) is 10. The van der Waals surface area contributed by atoms with Gasteiger partial charge in [0.25, 0.3) is 33.1 Å². The van der Waals surface area contributed by atoms with E-state index >= 15 is 0 Å². The zero-order valence-corrected chi connectivity index (χ0v) is 45.3. The first-order chi connectivity index (χ1) is 40.1. The fourth-order valence-corrected chi connectivity index (χ4v) is 12.9. The van der Waals surface area contributed by atoms with Crippen molar-refractivity contribution in [2.45, 2.75) is 0 Å². The molecule has 6 aromatic carbocycles. The molecule has 16 heteroatoms. The van der Waals surface area contributed by atoms with Gasteiger partial charge >= 0.3 is 0 Å². The van der Waals surface area contributed by atoms with E-state index in [0.717, 1.165) is 175 Å². The molecule has 0 saturated heterocycles. The van der Waals surface area contributed by atoms with Crippen molar-refractivity contribution in [2.75, 3.05) is 0 Å². The lowest BCUT2D eigenvalue weighted by Gasteiger charge is -2.10. The van der Waals surface area contributed by atoms with Gasteiger partial charge in [-0.2, -0.15) is 27.4 Å². The Hall–Kier alpha value is -11.0. The first-order valence-corrected chi connectivity index (χ1v) is 27.1. The summed E-state index contributed by atoms with van der Waals surface area (Å²) in [5.74, 6) is 0. The van der Waals surface area contributed by atoms with Gasteiger partial charge in [0.1, 0.15) is 75.4 Å². The number of pyridine rings is 8. The van der Waals surface area contributed by atoms with E-state index in [1.54, 1.807) is 12.4 Å². The highest BCUT2D eigenvalue weighted by Gasteiger charge is 2.28. The Kier molecular flexibility index (Phi) is 9.40. The minimum atomic E-state index is 0.768. The van der Waals surface area contributed by atoms with Crippen LogP contribution in [0.25, 0.3) is 175 Å². The zero-order chi connectivity index (χ0) is 54.8. The van der Waals surface area contributed by atoms with E-state index in [1.807, 2.05) is 48.5 Å². The molecule has 12 heterocycles. The predicted octanol–water partition coefficient (Wildman–Crippen LogP) is 8.72. The molecule has 0 N–H and O–H groups in total. The molecule has 0 saturated carbocycles. The Morgan fingerprint density at radius 1 is 0.220 bits per heavy atom. The van der Waals surface area contributed by atoms with Gasteiger partial charge in [-0.15, -0.1) is 0 Å². The lowest BCUT2D eigenvalue weighted by atomic mass is 10.1. The molecule has 0 fully saturated rings. The lowest BCUT2D eigenvalue weighted by Crippen LogP contribution is -2.35. The highest BCUT2D eigenvalue weighted by molar-refractivity contribution is 6.24. The van der Waals surface area contributed by atoms with Crippen LogP contribution in [0.15, 0.2) is 171 Å². The van der Waals surface area contributed by atoms with E-state index in [0.29, 0.717) is 0 Å². The number of aromatic nitrogens is 16. The van der Waals surface area contributed by atoms with Gasteiger partial charge in [-0.1, -0.05) is 0 Å². The molecule has 384 valence electrons. The number of benzene rings is 6. The van der Waals surface area contributed by atoms with E-state index in [4.69, 9.17) is 39.9 Å². The minimum Gasteiger partial charge on any atom is -0.254 e. The third-order valence-corrected chi connectivity index (χ3v) is 16.5.